The van der Waals surface area contributed by atoms with Crippen molar-refractivity contribution in [3.63, 3.8) is 0 Å². The predicted molar refractivity (Wildman–Crippen MR) is 99.2 cm³/mol. The summed E-state index contributed by atoms with van der Waals surface area (Å²) in [5.74, 6) is -1.05. The Kier molecular flexibility index (Phi) is 6.63. The SMILES string of the molecule is CC(NC(=O)CN(C)S(=O)(=O)c1ccc(F)cc1)c1ccc(Cl)cc1Cl. The van der Waals surface area contributed by atoms with Crippen LogP contribution in [0, 0.1) is 5.82 Å². The Hall–Kier alpha value is -1.67. The summed E-state index contributed by atoms with van der Waals surface area (Å²) in [5, 5.41) is 3.56. The molecule has 2 rings (SSSR count). The minimum absolute atomic E-state index is 0.0944. The molecule has 2 aromatic rings. The first-order valence-corrected chi connectivity index (χ1v) is 9.77. The Morgan fingerprint density at radius 3 is 2.38 bits per heavy atom. The van der Waals surface area contributed by atoms with Crippen LogP contribution in [-0.2, 0) is 14.8 Å². The van der Waals surface area contributed by atoms with E-state index in [1.165, 1.54) is 7.05 Å². The number of nitrogens with one attached hydrogen (secondary N) is 1. The average molecular weight is 419 g/mol. The lowest BCUT2D eigenvalue weighted by molar-refractivity contribution is -0.121. The number of carbonyl (C=O) groups is 1. The van der Waals surface area contributed by atoms with E-state index in [1.807, 2.05) is 0 Å². The van der Waals surface area contributed by atoms with Crippen LogP contribution in [0.3, 0.4) is 0 Å². The van der Waals surface area contributed by atoms with Gasteiger partial charge in [-0.15, -0.1) is 0 Å². The van der Waals surface area contributed by atoms with Crippen molar-refractivity contribution in [3.8, 4) is 0 Å². The summed E-state index contributed by atoms with van der Waals surface area (Å²) in [6.45, 7) is 1.33. The molecule has 26 heavy (non-hydrogen) atoms. The minimum atomic E-state index is -3.90. The molecule has 1 atom stereocenters. The zero-order valence-electron chi connectivity index (χ0n) is 14.0. The molecule has 0 heterocycles. The quantitative estimate of drug-likeness (QED) is 0.778. The van der Waals surface area contributed by atoms with E-state index >= 15 is 0 Å². The Morgan fingerprint density at radius 1 is 1.19 bits per heavy atom. The van der Waals surface area contributed by atoms with Crippen LogP contribution in [0.25, 0.3) is 0 Å². The Morgan fingerprint density at radius 2 is 1.81 bits per heavy atom. The van der Waals surface area contributed by atoms with E-state index in [9.17, 15) is 17.6 Å². The van der Waals surface area contributed by atoms with Crippen LogP contribution in [0.1, 0.15) is 18.5 Å². The third-order valence-corrected chi connectivity index (χ3v) is 6.07. The largest absolute Gasteiger partial charge is 0.348 e. The number of benzene rings is 2. The van der Waals surface area contributed by atoms with Crippen molar-refractivity contribution in [1.82, 2.24) is 9.62 Å². The smallest absolute Gasteiger partial charge is 0.243 e. The highest BCUT2D eigenvalue weighted by atomic mass is 35.5. The maximum atomic E-state index is 13.0. The monoisotopic (exact) mass is 418 g/mol. The van der Waals surface area contributed by atoms with Crippen molar-refractivity contribution >= 4 is 39.1 Å². The fourth-order valence-corrected chi connectivity index (χ4v) is 3.99. The third kappa shape index (κ3) is 4.94. The predicted octanol–water partition coefficient (Wildman–Crippen LogP) is 3.63. The maximum absolute atomic E-state index is 13.0. The van der Waals surface area contributed by atoms with Gasteiger partial charge in [0.05, 0.1) is 17.5 Å². The number of nitrogens with zero attached hydrogens (tertiary/aromatic N) is 1. The first-order valence-electron chi connectivity index (χ1n) is 7.57. The highest BCUT2D eigenvalue weighted by molar-refractivity contribution is 7.89. The molecule has 0 bridgehead atoms. The number of halogens is 3. The fourth-order valence-electron chi connectivity index (χ4n) is 2.29. The van der Waals surface area contributed by atoms with Crippen LogP contribution < -0.4 is 5.32 Å². The molecule has 0 spiro atoms. The van der Waals surface area contributed by atoms with Crippen LogP contribution in [0.15, 0.2) is 47.4 Å². The van der Waals surface area contributed by atoms with E-state index in [4.69, 9.17) is 23.2 Å². The summed E-state index contributed by atoms with van der Waals surface area (Å²) < 4.78 is 38.7. The molecule has 0 saturated heterocycles. The summed E-state index contributed by atoms with van der Waals surface area (Å²) in [7, 11) is -2.63. The third-order valence-electron chi connectivity index (χ3n) is 3.69. The minimum Gasteiger partial charge on any atom is -0.348 e. The summed E-state index contributed by atoms with van der Waals surface area (Å²) in [6.07, 6.45) is 0. The molecule has 9 heteroatoms. The number of hydrogen-bond acceptors (Lipinski definition) is 3. The molecule has 2 aromatic carbocycles. The Bertz CT molecular complexity index is 905. The number of sulfonamides is 1. The van der Waals surface area contributed by atoms with Gasteiger partial charge in [-0.2, -0.15) is 4.31 Å². The van der Waals surface area contributed by atoms with Crippen LogP contribution in [0.2, 0.25) is 10.0 Å². The molecule has 0 saturated carbocycles. The molecule has 1 amide bonds. The number of carbonyl (C=O) groups excluding carboxylic acids is 1. The summed E-state index contributed by atoms with van der Waals surface area (Å²) in [5.41, 5.74) is 0.661. The van der Waals surface area contributed by atoms with Crippen LogP contribution in [-0.4, -0.2) is 32.2 Å². The van der Waals surface area contributed by atoms with Gasteiger partial charge >= 0.3 is 0 Å². The number of likely N-dealkylation sites (N-methyl/N-ethyl adjacent to an activating group) is 1. The van der Waals surface area contributed by atoms with Gasteiger partial charge in [-0.05, 0) is 48.9 Å². The van der Waals surface area contributed by atoms with Gasteiger partial charge < -0.3 is 5.32 Å². The van der Waals surface area contributed by atoms with Gasteiger partial charge in [0.15, 0.2) is 0 Å². The lowest BCUT2D eigenvalue weighted by atomic mass is 10.1. The molecule has 1 N–H and O–H groups in total. The average Bonchev–Trinajstić information content (AvgIpc) is 2.54. The van der Waals surface area contributed by atoms with E-state index in [2.05, 4.69) is 5.32 Å². The molecule has 0 aliphatic carbocycles. The zero-order valence-corrected chi connectivity index (χ0v) is 16.4. The summed E-state index contributed by atoms with van der Waals surface area (Å²) in [4.78, 5) is 12.1. The van der Waals surface area contributed by atoms with Crippen molar-refractivity contribution < 1.29 is 17.6 Å². The molecular weight excluding hydrogens is 402 g/mol. The van der Waals surface area contributed by atoms with Crippen LogP contribution in [0.4, 0.5) is 4.39 Å². The van der Waals surface area contributed by atoms with Gasteiger partial charge in [0.2, 0.25) is 15.9 Å². The van der Waals surface area contributed by atoms with E-state index in [1.54, 1.807) is 25.1 Å². The Labute approximate surface area is 161 Å². The lowest BCUT2D eigenvalue weighted by Gasteiger charge is -2.20. The van der Waals surface area contributed by atoms with Gasteiger partial charge in [-0.3, -0.25) is 4.79 Å². The molecular formula is C17H17Cl2FN2O3S. The van der Waals surface area contributed by atoms with Gasteiger partial charge in [0.25, 0.3) is 0 Å². The van der Waals surface area contributed by atoms with Crippen molar-refractivity contribution in [3.05, 3.63) is 63.9 Å². The van der Waals surface area contributed by atoms with Crippen molar-refractivity contribution in [2.45, 2.75) is 17.9 Å². The molecule has 0 fully saturated rings. The second kappa shape index (κ2) is 8.35. The first-order chi connectivity index (χ1) is 12.1. The van der Waals surface area contributed by atoms with Gasteiger partial charge in [-0.1, -0.05) is 29.3 Å². The molecule has 0 radical (unpaired) electrons. The number of rotatable bonds is 6. The molecule has 140 valence electrons. The number of amides is 1. The van der Waals surface area contributed by atoms with Gasteiger partial charge in [0, 0.05) is 17.1 Å². The van der Waals surface area contributed by atoms with E-state index < -0.39 is 34.3 Å². The van der Waals surface area contributed by atoms with E-state index in [0.29, 0.717) is 15.6 Å². The number of hydrogen-bond donors (Lipinski definition) is 1. The highest BCUT2D eigenvalue weighted by Crippen LogP contribution is 2.26. The first kappa shape index (κ1) is 20.6. The topological polar surface area (TPSA) is 66.5 Å². The van der Waals surface area contributed by atoms with Crippen molar-refractivity contribution in [1.29, 1.82) is 0 Å². The molecule has 0 aliphatic heterocycles. The molecule has 1 unspecified atom stereocenters. The van der Waals surface area contributed by atoms with Crippen LogP contribution in [0.5, 0.6) is 0 Å². The van der Waals surface area contributed by atoms with E-state index in [-0.39, 0.29) is 4.90 Å². The second-order valence-corrected chi connectivity index (χ2v) is 8.56. The van der Waals surface area contributed by atoms with Gasteiger partial charge in [-0.25, -0.2) is 12.8 Å². The standard InChI is InChI=1S/C17H17Cl2FN2O3S/c1-11(15-8-3-12(18)9-16(15)19)21-17(23)10-22(2)26(24,25)14-6-4-13(20)5-7-14/h3-9,11H,10H2,1-2H3,(H,21,23). The maximum Gasteiger partial charge on any atom is 0.243 e. The highest BCUT2D eigenvalue weighted by Gasteiger charge is 2.24. The molecule has 0 aromatic heterocycles. The molecule has 5 nitrogen and oxygen atoms in total. The normalized spacial score (nSPS) is 12.8. The molecule has 0 aliphatic rings. The van der Waals surface area contributed by atoms with E-state index in [0.717, 1.165) is 28.6 Å². The second-order valence-electron chi connectivity index (χ2n) is 5.67. The fraction of sp³-hybridized carbons (Fsp3) is 0.235. The lowest BCUT2D eigenvalue weighted by Crippen LogP contribution is -2.39. The zero-order chi connectivity index (χ0) is 19.5. The van der Waals surface area contributed by atoms with Crippen molar-refractivity contribution in [2.24, 2.45) is 0 Å². The summed E-state index contributed by atoms with van der Waals surface area (Å²) >= 11 is 12.0. The van der Waals surface area contributed by atoms with Gasteiger partial charge in [0.1, 0.15) is 5.82 Å². The Balaban J connectivity index is 2.05. The van der Waals surface area contributed by atoms with Crippen molar-refractivity contribution in [2.75, 3.05) is 13.6 Å². The summed E-state index contributed by atoms with van der Waals surface area (Å²) in [6, 6.07) is 8.85. The van der Waals surface area contributed by atoms with Crippen LogP contribution >= 0.6 is 23.2 Å².